The zero-order valence-electron chi connectivity index (χ0n) is 10.0. The molecule has 0 heterocycles. The van der Waals surface area contributed by atoms with Crippen molar-refractivity contribution in [1.29, 1.82) is 0 Å². The van der Waals surface area contributed by atoms with E-state index < -0.39 is 36.1 Å². The third kappa shape index (κ3) is 4.06. The van der Waals surface area contributed by atoms with Crippen LogP contribution in [0.5, 0.6) is 0 Å². The average Bonchev–Trinajstić information content (AvgIpc) is 2.31. The number of rotatable bonds is 5. The van der Waals surface area contributed by atoms with Gasteiger partial charge >= 0.3 is 11.9 Å². The first-order chi connectivity index (χ1) is 8.81. The Morgan fingerprint density at radius 3 is 2.42 bits per heavy atom. The zero-order valence-corrected chi connectivity index (χ0v) is 10.0. The number of aliphatic carboxylic acids is 2. The van der Waals surface area contributed by atoms with Crippen molar-refractivity contribution >= 4 is 17.8 Å². The monoisotopic (exact) mass is 269 g/mol. The molecule has 0 bridgehead atoms. The minimum absolute atomic E-state index is 0.0653. The summed E-state index contributed by atoms with van der Waals surface area (Å²) >= 11 is 0. The Morgan fingerprint density at radius 2 is 1.95 bits per heavy atom. The van der Waals surface area contributed by atoms with Gasteiger partial charge in [-0.05, 0) is 30.7 Å². The largest absolute Gasteiger partial charge is 0.481 e. The Hall–Kier alpha value is -2.44. The number of carbonyl (C=O) groups is 3. The molecule has 102 valence electrons. The highest BCUT2D eigenvalue weighted by Gasteiger charge is 2.23. The van der Waals surface area contributed by atoms with E-state index in [2.05, 4.69) is 5.32 Å². The summed E-state index contributed by atoms with van der Waals surface area (Å²) in [5, 5.41) is 19.4. The maximum absolute atomic E-state index is 13.0. The number of carboxylic acids is 2. The quantitative estimate of drug-likeness (QED) is 0.733. The smallest absolute Gasteiger partial charge is 0.326 e. The number of hydrogen-bond acceptors (Lipinski definition) is 3. The van der Waals surface area contributed by atoms with Crippen LogP contribution in [-0.4, -0.2) is 34.1 Å². The van der Waals surface area contributed by atoms with E-state index in [9.17, 15) is 18.8 Å². The van der Waals surface area contributed by atoms with Crippen LogP contribution < -0.4 is 5.32 Å². The molecule has 0 fully saturated rings. The number of aryl methyl sites for hydroxylation is 1. The van der Waals surface area contributed by atoms with Crippen molar-refractivity contribution in [3.8, 4) is 0 Å². The van der Waals surface area contributed by atoms with E-state index in [-0.39, 0.29) is 11.1 Å². The Balaban J connectivity index is 2.84. The summed E-state index contributed by atoms with van der Waals surface area (Å²) in [5.74, 6) is -4.05. The SMILES string of the molecule is Cc1cc(C(=O)NC(CC(=O)O)C(=O)O)ccc1F. The van der Waals surface area contributed by atoms with Gasteiger partial charge in [0.05, 0.1) is 6.42 Å². The number of carboxylic acid groups (broad SMARTS) is 2. The molecule has 7 heteroatoms. The second-order valence-electron chi connectivity index (χ2n) is 3.93. The molecule has 1 rings (SSSR count). The third-order valence-electron chi connectivity index (χ3n) is 2.40. The Morgan fingerprint density at radius 1 is 1.32 bits per heavy atom. The predicted molar refractivity (Wildman–Crippen MR) is 62.3 cm³/mol. The molecule has 0 aliphatic rings. The van der Waals surface area contributed by atoms with Gasteiger partial charge in [0.15, 0.2) is 0 Å². The van der Waals surface area contributed by atoms with Crippen LogP contribution in [-0.2, 0) is 9.59 Å². The lowest BCUT2D eigenvalue weighted by Gasteiger charge is -2.12. The van der Waals surface area contributed by atoms with Crippen molar-refractivity contribution in [3.63, 3.8) is 0 Å². The Bertz CT molecular complexity index is 529. The molecular weight excluding hydrogens is 257 g/mol. The van der Waals surface area contributed by atoms with Crippen LogP contribution in [0.25, 0.3) is 0 Å². The highest BCUT2D eigenvalue weighted by Crippen LogP contribution is 2.09. The Labute approximate surface area is 107 Å². The summed E-state index contributed by atoms with van der Waals surface area (Å²) in [7, 11) is 0. The van der Waals surface area contributed by atoms with Crippen LogP contribution in [0.1, 0.15) is 22.3 Å². The number of nitrogens with one attached hydrogen (secondary N) is 1. The standard InChI is InChI=1S/C12H12FNO5/c1-6-4-7(2-3-8(6)13)11(17)14-9(12(18)19)5-10(15)16/h2-4,9H,5H2,1H3,(H,14,17)(H,15,16)(H,18,19). The summed E-state index contributed by atoms with van der Waals surface area (Å²) in [4.78, 5) is 33.0. The van der Waals surface area contributed by atoms with Crippen molar-refractivity contribution in [3.05, 3.63) is 35.1 Å². The van der Waals surface area contributed by atoms with Crippen molar-refractivity contribution in [1.82, 2.24) is 5.32 Å². The molecule has 0 saturated heterocycles. The van der Waals surface area contributed by atoms with Gasteiger partial charge in [-0.15, -0.1) is 0 Å². The van der Waals surface area contributed by atoms with Gasteiger partial charge < -0.3 is 15.5 Å². The third-order valence-corrected chi connectivity index (χ3v) is 2.40. The average molecular weight is 269 g/mol. The molecule has 0 aliphatic carbocycles. The first-order valence-corrected chi connectivity index (χ1v) is 5.33. The molecule has 1 unspecified atom stereocenters. The van der Waals surface area contributed by atoms with Crippen LogP contribution in [0.4, 0.5) is 4.39 Å². The van der Waals surface area contributed by atoms with Crippen LogP contribution in [0.15, 0.2) is 18.2 Å². The second kappa shape index (κ2) is 5.94. The number of halogens is 1. The highest BCUT2D eigenvalue weighted by molar-refractivity contribution is 5.97. The van der Waals surface area contributed by atoms with E-state index in [0.29, 0.717) is 0 Å². The summed E-state index contributed by atoms with van der Waals surface area (Å²) < 4.78 is 13.0. The minimum atomic E-state index is -1.53. The molecule has 0 radical (unpaired) electrons. The van der Waals surface area contributed by atoms with E-state index in [4.69, 9.17) is 10.2 Å². The first-order valence-electron chi connectivity index (χ1n) is 5.33. The molecule has 0 aromatic heterocycles. The van der Waals surface area contributed by atoms with Gasteiger partial charge in [-0.3, -0.25) is 9.59 Å². The molecule has 0 saturated carbocycles. The lowest BCUT2D eigenvalue weighted by molar-refractivity contribution is -0.145. The molecule has 6 nitrogen and oxygen atoms in total. The molecule has 1 aromatic carbocycles. The molecule has 1 aromatic rings. The van der Waals surface area contributed by atoms with Gasteiger partial charge in [-0.1, -0.05) is 0 Å². The number of amides is 1. The lowest BCUT2D eigenvalue weighted by atomic mass is 10.1. The van der Waals surface area contributed by atoms with Gasteiger partial charge in [0.1, 0.15) is 11.9 Å². The molecule has 3 N–H and O–H groups in total. The fraction of sp³-hybridized carbons (Fsp3) is 0.250. The second-order valence-corrected chi connectivity index (χ2v) is 3.93. The van der Waals surface area contributed by atoms with E-state index in [1.165, 1.54) is 19.1 Å². The van der Waals surface area contributed by atoms with Crippen LogP contribution in [0.3, 0.4) is 0 Å². The van der Waals surface area contributed by atoms with E-state index >= 15 is 0 Å². The maximum atomic E-state index is 13.0. The maximum Gasteiger partial charge on any atom is 0.326 e. The van der Waals surface area contributed by atoms with Gasteiger partial charge in [0.25, 0.3) is 5.91 Å². The van der Waals surface area contributed by atoms with Crippen LogP contribution in [0, 0.1) is 12.7 Å². The minimum Gasteiger partial charge on any atom is -0.481 e. The molecule has 1 amide bonds. The summed E-state index contributed by atoms with van der Waals surface area (Å²) in [5.41, 5.74) is 0.299. The molecule has 1 atom stereocenters. The molecule has 0 aliphatic heterocycles. The topological polar surface area (TPSA) is 104 Å². The fourth-order valence-corrected chi connectivity index (χ4v) is 1.40. The van der Waals surface area contributed by atoms with Crippen molar-refractivity contribution in [2.45, 2.75) is 19.4 Å². The Kier molecular flexibility index (Phi) is 4.57. The van der Waals surface area contributed by atoms with Gasteiger partial charge in [-0.2, -0.15) is 0 Å². The predicted octanol–water partition coefficient (Wildman–Crippen LogP) is 0.792. The highest BCUT2D eigenvalue weighted by atomic mass is 19.1. The van der Waals surface area contributed by atoms with E-state index in [1.807, 2.05) is 0 Å². The zero-order chi connectivity index (χ0) is 14.6. The van der Waals surface area contributed by atoms with Crippen LogP contribution >= 0.6 is 0 Å². The van der Waals surface area contributed by atoms with E-state index in [1.54, 1.807) is 0 Å². The summed E-state index contributed by atoms with van der Waals surface area (Å²) in [6.45, 7) is 1.46. The van der Waals surface area contributed by atoms with Gasteiger partial charge in [-0.25, -0.2) is 9.18 Å². The first kappa shape index (κ1) is 14.6. The number of carbonyl (C=O) groups excluding carboxylic acids is 1. The normalized spacial score (nSPS) is 11.7. The van der Waals surface area contributed by atoms with E-state index in [0.717, 1.165) is 6.07 Å². The number of benzene rings is 1. The number of hydrogen-bond donors (Lipinski definition) is 3. The molecular formula is C12H12FNO5. The molecule has 19 heavy (non-hydrogen) atoms. The summed E-state index contributed by atoms with van der Waals surface area (Å²) in [6.07, 6.45) is -0.735. The van der Waals surface area contributed by atoms with Crippen molar-refractivity contribution < 1.29 is 29.0 Å². The van der Waals surface area contributed by atoms with Gasteiger partial charge in [0.2, 0.25) is 0 Å². The molecule has 0 spiro atoms. The lowest BCUT2D eigenvalue weighted by Crippen LogP contribution is -2.42. The fourth-order valence-electron chi connectivity index (χ4n) is 1.40. The van der Waals surface area contributed by atoms with Crippen molar-refractivity contribution in [2.24, 2.45) is 0 Å². The van der Waals surface area contributed by atoms with Crippen molar-refractivity contribution in [2.75, 3.05) is 0 Å². The summed E-state index contributed by atoms with van der Waals surface area (Å²) in [6, 6.07) is 1.99. The van der Waals surface area contributed by atoms with Crippen LogP contribution in [0.2, 0.25) is 0 Å². The van der Waals surface area contributed by atoms with Gasteiger partial charge in [0, 0.05) is 5.56 Å².